The molecule has 3 aromatic carbocycles. The average Bonchev–Trinajstić information content (AvgIpc) is 2.91. The van der Waals surface area contributed by atoms with Gasteiger partial charge in [0, 0.05) is 23.1 Å². The highest BCUT2D eigenvalue weighted by Gasteiger charge is 2.32. The van der Waals surface area contributed by atoms with Gasteiger partial charge in [-0.2, -0.15) is 0 Å². The van der Waals surface area contributed by atoms with Crippen LogP contribution in [0, 0.1) is 0 Å². The maximum Gasteiger partial charge on any atom is 0.264 e. The molecule has 0 saturated carbocycles. The summed E-state index contributed by atoms with van der Waals surface area (Å²) in [5, 5.41) is 3.55. The van der Waals surface area contributed by atoms with Crippen LogP contribution in [0.5, 0.6) is 5.75 Å². The van der Waals surface area contributed by atoms with Gasteiger partial charge in [0.2, 0.25) is 11.8 Å². The smallest absolute Gasteiger partial charge is 0.264 e. The molecule has 3 rings (SSSR count). The molecule has 0 unspecified atom stereocenters. The van der Waals surface area contributed by atoms with Gasteiger partial charge in [0.15, 0.2) is 0 Å². The Bertz CT molecular complexity index is 1370. The second kappa shape index (κ2) is 13.0. The number of rotatable bonds is 11. The van der Waals surface area contributed by atoms with Crippen molar-refractivity contribution in [2.45, 2.75) is 31.3 Å². The van der Waals surface area contributed by atoms with Crippen LogP contribution in [-0.2, 0) is 26.2 Å². The van der Waals surface area contributed by atoms with Crippen LogP contribution in [0.2, 0.25) is 10.0 Å². The molecule has 0 aromatic heterocycles. The zero-order chi connectivity index (χ0) is 27.9. The summed E-state index contributed by atoms with van der Waals surface area (Å²) < 4.78 is 33.7. The number of likely N-dealkylation sites (N-methyl/N-ethyl adjacent to an activating group) is 1. The molecule has 38 heavy (non-hydrogen) atoms. The molecule has 11 heteroatoms. The number of hydrogen-bond acceptors (Lipinski definition) is 5. The van der Waals surface area contributed by atoms with Crippen LogP contribution in [0.15, 0.2) is 77.7 Å². The zero-order valence-electron chi connectivity index (χ0n) is 21.2. The van der Waals surface area contributed by atoms with Crippen LogP contribution >= 0.6 is 23.2 Å². The number of benzene rings is 3. The third-order valence-corrected chi connectivity index (χ3v) is 8.08. The van der Waals surface area contributed by atoms with Crippen LogP contribution in [0.1, 0.15) is 19.4 Å². The fourth-order valence-electron chi connectivity index (χ4n) is 3.73. The van der Waals surface area contributed by atoms with Gasteiger partial charge >= 0.3 is 0 Å². The summed E-state index contributed by atoms with van der Waals surface area (Å²) >= 11 is 12.2. The quantitative estimate of drug-likeness (QED) is 0.354. The topological polar surface area (TPSA) is 96.0 Å². The normalized spacial score (nSPS) is 11.9. The van der Waals surface area contributed by atoms with E-state index in [4.69, 9.17) is 27.9 Å². The van der Waals surface area contributed by atoms with E-state index in [1.54, 1.807) is 56.3 Å². The van der Waals surface area contributed by atoms with Crippen molar-refractivity contribution in [3.63, 3.8) is 0 Å². The van der Waals surface area contributed by atoms with E-state index in [1.807, 2.05) is 0 Å². The van der Waals surface area contributed by atoms with E-state index in [1.165, 1.54) is 42.3 Å². The number of ether oxygens (including phenoxy) is 1. The van der Waals surface area contributed by atoms with E-state index in [2.05, 4.69) is 5.32 Å². The monoisotopic (exact) mass is 577 g/mol. The van der Waals surface area contributed by atoms with Crippen molar-refractivity contribution in [2.24, 2.45) is 0 Å². The van der Waals surface area contributed by atoms with Crippen molar-refractivity contribution >= 4 is 50.7 Å². The summed E-state index contributed by atoms with van der Waals surface area (Å²) in [7, 11) is -2.73. The summed E-state index contributed by atoms with van der Waals surface area (Å²) in [5.41, 5.74) is 0.935. The summed E-state index contributed by atoms with van der Waals surface area (Å²) in [6, 6.07) is 18.1. The molecule has 0 radical (unpaired) electrons. The fraction of sp³-hybridized carbons (Fsp3) is 0.259. The lowest BCUT2D eigenvalue weighted by atomic mass is 10.1. The SMILES string of the molecule is CCNC(=O)[C@H](C)N(Cc1ccc(Cl)cc1)C(=O)CN(c1cccc(Cl)c1)S(=O)(=O)c1ccc(OC)cc1. The summed E-state index contributed by atoms with van der Waals surface area (Å²) in [6.45, 7) is 3.26. The third kappa shape index (κ3) is 7.18. The molecule has 0 spiro atoms. The standard InChI is InChI=1S/C27H29Cl2N3O5S/c1-4-30-27(34)19(2)31(17-20-8-10-21(28)11-9-20)26(33)18-32(23-7-5-6-22(29)16-23)38(35,36)25-14-12-24(37-3)13-15-25/h5-16,19H,4,17-18H2,1-3H3,(H,30,34)/t19-/m0/s1. The van der Waals surface area contributed by atoms with E-state index in [9.17, 15) is 18.0 Å². The predicted octanol–water partition coefficient (Wildman–Crippen LogP) is 4.75. The number of nitrogens with zero attached hydrogens (tertiary/aromatic N) is 2. The summed E-state index contributed by atoms with van der Waals surface area (Å²) in [4.78, 5) is 27.8. The number of nitrogens with one attached hydrogen (secondary N) is 1. The highest BCUT2D eigenvalue weighted by molar-refractivity contribution is 7.92. The minimum Gasteiger partial charge on any atom is -0.497 e. The molecule has 2 amide bonds. The summed E-state index contributed by atoms with van der Waals surface area (Å²) in [5.74, 6) is -0.447. The van der Waals surface area contributed by atoms with Gasteiger partial charge in [-0.25, -0.2) is 8.42 Å². The molecular weight excluding hydrogens is 549 g/mol. The first-order valence-electron chi connectivity index (χ1n) is 11.8. The molecule has 0 aliphatic carbocycles. The first-order chi connectivity index (χ1) is 18.1. The Labute approximate surface area is 233 Å². The molecule has 1 N–H and O–H groups in total. The van der Waals surface area contributed by atoms with Crippen molar-refractivity contribution in [3.05, 3.63) is 88.4 Å². The molecule has 0 aliphatic heterocycles. The van der Waals surface area contributed by atoms with Crippen LogP contribution in [0.25, 0.3) is 0 Å². The molecule has 3 aromatic rings. The van der Waals surface area contributed by atoms with Crippen molar-refractivity contribution in [3.8, 4) is 5.75 Å². The van der Waals surface area contributed by atoms with Gasteiger partial charge in [0.1, 0.15) is 18.3 Å². The van der Waals surface area contributed by atoms with Crippen molar-refractivity contribution < 1.29 is 22.7 Å². The van der Waals surface area contributed by atoms with Gasteiger partial charge in [-0.3, -0.25) is 13.9 Å². The van der Waals surface area contributed by atoms with Crippen LogP contribution in [0.3, 0.4) is 0 Å². The number of anilines is 1. The lowest BCUT2D eigenvalue weighted by molar-refractivity contribution is -0.139. The Balaban J connectivity index is 2.02. The van der Waals surface area contributed by atoms with E-state index in [0.29, 0.717) is 22.3 Å². The zero-order valence-corrected chi connectivity index (χ0v) is 23.6. The van der Waals surface area contributed by atoms with Gasteiger partial charge in [0.25, 0.3) is 10.0 Å². The molecule has 202 valence electrons. The number of amides is 2. The fourth-order valence-corrected chi connectivity index (χ4v) is 5.44. The molecule has 8 nitrogen and oxygen atoms in total. The van der Waals surface area contributed by atoms with Gasteiger partial charge in [-0.05, 0) is 74.0 Å². The number of methoxy groups -OCH3 is 1. The molecule has 0 fully saturated rings. The Morgan fingerprint density at radius 2 is 1.63 bits per heavy atom. The van der Waals surface area contributed by atoms with Crippen molar-refractivity contribution in [1.29, 1.82) is 0 Å². The van der Waals surface area contributed by atoms with Gasteiger partial charge < -0.3 is 15.0 Å². The molecule has 1 atom stereocenters. The molecule has 0 bridgehead atoms. The third-order valence-electron chi connectivity index (χ3n) is 5.81. The number of hydrogen-bond donors (Lipinski definition) is 1. The Kier molecular flexibility index (Phi) is 10.0. The Morgan fingerprint density at radius 1 is 0.974 bits per heavy atom. The van der Waals surface area contributed by atoms with Gasteiger partial charge in [0.05, 0.1) is 17.7 Å². The highest BCUT2D eigenvalue weighted by Crippen LogP contribution is 2.28. The predicted molar refractivity (Wildman–Crippen MR) is 149 cm³/mol. The van der Waals surface area contributed by atoms with Crippen LogP contribution in [0.4, 0.5) is 5.69 Å². The largest absolute Gasteiger partial charge is 0.497 e. The molecular formula is C27H29Cl2N3O5S. The average molecular weight is 579 g/mol. The number of carbonyl (C=O) groups excluding carboxylic acids is 2. The van der Waals surface area contributed by atoms with E-state index < -0.39 is 28.5 Å². The van der Waals surface area contributed by atoms with Crippen LogP contribution in [-0.4, -0.2) is 51.4 Å². The second-order valence-corrected chi connectivity index (χ2v) is 11.1. The maximum absolute atomic E-state index is 13.8. The first kappa shape index (κ1) is 29.3. The van der Waals surface area contributed by atoms with Crippen LogP contribution < -0.4 is 14.4 Å². The lowest BCUT2D eigenvalue weighted by Crippen LogP contribution is -2.51. The van der Waals surface area contributed by atoms with Gasteiger partial charge in [-0.1, -0.05) is 41.4 Å². The van der Waals surface area contributed by atoms with E-state index in [0.717, 1.165) is 9.87 Å². The number of carbonyl (C=O) groups is 2. The number of sulfonamides is 1. The first-order valence-corrected chi connectivity index (χ1v) is 14.0. The minimum absolute atomic E-state index is 0.0351. The highest BCUT2D eigenvalue weighted by atomic mass is 35.5. The Morgan fingerprint density at radius 3 is 2.21 bits per heavy atom. The number of halogens is 2. The van der Waals surface area contributed by atoms with Gasteiger partial charge in [-0.15, -0.1) is 0 Å². The molecule has 0 heterocycles. The van der Waals surface area contributed by atoms with Crippen molar-refractivity contribution in [2.75, 3.05) is 24.5 Å². The van der Waals surface area contributed by atoms with Crippen molar-refractivity contribution in [1.82, 2.24) is 10.2 Å². The van der Waals surface area contributed by atoms with E-state index >= 15 is 0 Å². The van der Waals surface area contributed by atoms with E-state index in [-0.39, 0.29) is 23.0 Å². The minimum atomic E-state index is -4.21. The lowest BCUT2D eigenvalue weighted by Gasteiger charge is -2.32. The molecule has 0 aliphatic rings. The Hall–Kier alpha value is -3.27. The molecule has 0 saturated heterocycles. The maximum atomic E-state index is 13.8. The summed E-state index contributed by atoms with van der Waals surface area (Å²) in [6.07, 6.45) is 0. The second-order valence-electron chi connectivity index (χ2n) is 8.39.